The molecule has 11 nitrogen and oxygen atoms in total. The van der Waals surface area contributed by atoms with Crippen molar-refractivity contribution in [3.8, 4) is 5.75 Å². The zero-order valence-electron chi connectivity index (χ0n) is 20.2. The zero-order valence-corrected chi connectivity index (χ0v) is 20.2. The van der Waals surface area contributed by atoms with Gasteiger partial charge in [0.2, 0.25) is 11.7 Å². The van der Waals surface area contributed by atoms with Crippen LogP contribution in [0, 0.1) is 11.8 Å². The number of anilines is 1. The van der Waals surface area contributed by atoms with E-state index in [0.717, 1.165) is 6.92 Å². The van der Waals surface area contributed by atoms with Crippen LogP contribution in [0.5, 0.6) is 5.75 Å². The molecule has 2 amide bonds. The Balaban J connectivity index is 1.88. The standard InChI is InChI=1S/C25H26N2O9/c1-10(28)26-24(34)20-16(30)9-13-7-12-8-14-15(27(3)4)5-6-17(36-11(2)29)19(14)21(31)18(12)22(32)25(13,35)23(20)33/h5-6,12-13,30,32,35H,7-9H2,1-4H3,(H,26,28,34)/t12-,13+,25+/m1/s1. The van der Waals surface area contributed by atoms with Crippen molar-refractivity contribution in [1.29, 1.82) is 0 Å². The molecule has 11 heteroatoms. The topological polar surface area (TPSA) is 171 Å². The third-order valence-electron chi connectivity index (χ3n) is 6.91. The lowest BCUT2D eigenvalue weighted by atomic mass is 9.60. The highest BCUT2D eigenvalue weighted by Gasteiger charge is 2.60. The minimum absolute atomic E-state index is 0.0185. The third kappa shape index (κ3) is 3.67. The lowest BCUT2D eigenvalue weighted by Crippen LogP contribution is -2.57. The van der Waals surface area contributed by atoms with Crippen molar-refractivity contribution in [2.45, 2.75) is 38.7 Å². The zero-order chi connectivity index (χ0) is 26.7. The molecule has 0 unspecified atom stereocenters. The maximum atomic E-state index is 13.8. The second kappa shape index (κ2) is 8.59. The van der Waals surface area contributed by atoms with Crippen LogP contribution in [0.2, 0.25) is 0 Å². The highest BCUT2D eigenvalue weighted by atomic mass is 16.5. The Morgan fingerprint density at radius 1 is 1.11 bits per heavy atom. The van der Waals surface area contributed by atoms with E-state index in [9.17, 15) is 39.3 Å². The van der Waals surface area contributed by atoms with Gasteiger partial charge in [-0.3, -0.25) is 29.3 Å². The Hall–Kier alpha value is -3.99. The lowest BCUT2D eigenvalue weighted by molar-refractivity contribution is -0.144. The van der Waals surface area contributed by atoms with Gasteiger partial charge in [0, 0.05) is 51.5 Å². The maximum Gasteiger partial charge on any atom is 0.308 e. The summed E-state index contributed by atoms with van der Waals surface area (Å²) in [4.78, 5) is 64.2. The molecule has 0 bridgehead atoms. The largest absolute Gasteiger partial charge is 0.511 e. The number of carbonyl (C=O) groups is 5. The average molecular weight is 498 g/mol. The number of hydrogen-bond acceptors (Lipinski definition) is 10. The van der Waals surface area contributed by atoms with Gasteiger partial charge in [0.1, 0.15) is 22.8 Å². The van der Waals surface area contributed by atoms with Crippen LogP contribution < -0.4 is 15.0 Å². The smallest absolute Gasteiger partial charge is 0.308 e. The number of benzene rings is 1. The van der Waals surface area contributed by atoms with Crippen LogP contribution >= 0.6 is 0 Å². The highest BCUT2D eigenvalue weighted by Crippen LogP contribution is 2.52. The van der Waals surface area contributed by atoms with Gasteiger partial charge in [0.15, 0.2) is 11.4 Å². The van der Waals surface area contributed by atoms with Crippen molar-refractivity contribution in [3.05, 3.63) is 45.9 Å². The second-order valence-electron chi connectivity index (χ2n) is 9.48. The van der Waals surface area contributed by atoms with Gasteiger partial charge in [-0.15, -0.1) is 0 Å². The van der Waals surface area contributed by atoms with Crippen LogP contribution in [0.25, 0.3) is 0 Å². The first kappa shape index (κ1) is 25.1. The number of Topliss-reactive ketones (excluding diaryl/α,β-unsaturated/α-hetero) is 2. The fourth-order valence-corrected chi connectivity index (χ4v) is 5.45. The van der Waals surface area contributed by atoms with Gasteiger partial charge in [0.05, 0.1) is 5.56 Å². The van der Waals surface area contributed by atoms with Crippen molar-refractivity contribution in [3.63, 3.8) is 0 Å². The summed E-state index contributed by atoms with van der Waals surface area (Å²) in [6, 6.07) is 3.17. The molecule has 3 aliphatic carbocycles. The summed E-state index contributed by atoms with van der Waals surface area (Å²) in [6.45, 7) is 2.21. The van der Waals surface area contributed by atoms with Gasteiger partial charge >= 0.3 is 5.97 Å². The average Bonchev–Trinajstić information content (AvgIpc) is 2.75. The molecule has 3 atom stereocenters. The van der Waals surface area contributed by atoms with Crippen molar-refractivity contribution in [2.24, 2.45) is 11.8 Å². The monoisotopic (exact) mass is 498 g/mol. The molecule has 0 radical (unpaired) electrons. The number of allylic oxidation sites excluding steroid dienone is 2. The summed E-state index contributed by atoms with van der Waals surface area (Å²) in [5.74, 6) is -7.87. The number of rotatable bonds is 3. The minimum Gasteiger partial charge on any atom is -0.511 e. The van der Waals surface area contributed by atoms with Gasteiger partial charge in [-0.05, 0) is 36.5 Å². The predicted octanol–water partition coefficient (Wildman–Crippen LogP) is 1.04. The van der Waals surface area contributed by atoms with E-state index >= 15 is 0 Å². The van der Waals surface area contributed by atoms with Crippen LogP contribution in [0.1, 0.15) is 42.6 Å². The number of nitrogens with one attached hydrogen (secondary N) is 1. The normalized spacial score (nSPS) is 25.0. The summed E-state index contributed by atoms with van der Waals surface area (Å²) >= 11 is 0. The Labute approximate surface area is 206 Å². The molecular weight excluding hydrogens is 472 g/mol. The van der Waals surface area contributed by atoms with Crippen molar-refractivity contribution >= 4 is 35.0 Å². The van der Waals surface area contributed by atoms with Gasteiger partial charge in [-0.2, -0.15) is 0 Å². The van der Waals surface area contributed by atoms with Gasteiger partial charge in [0.25, 0.3) is 5.91 Å². The summed E-state index contributed by atoms with van der Waals surface area (Å²) in [6.07, 6.45) is -0.0546. The van der Waals surface area contributed by atoms with E-state index in [0.29, 0.717) is 11.3 Å². The number of fused-ring (bicyclic) bond motifs is 3. The number of ketones is 2. The van der Waals surface area contributed by atoms with Gasteiger partial charge in [-0.25, -0.2) is 0 Å². The fraction of sp³-hybridized carbons (Fsp3) is 0.400. The molecule has 190 valence electrons. The lowest BCUT2D eigenvalue weighted by Gasteiger charge is -2.46. The number of carbonyl (C=O) groups excluding carboxylic acids is 5. The number of nitrogens with zero attached hydrogens (tertiary/aromatic N) is 1. The number of esters is 1. The predicted molar refractivity (Wildman–Crippen MR) is 124 cm³/mol. The molecule has 0 spiro atoms. The molecule has 1 aromatic carbocycles. The molecule has 3 aliphatic rings. The molecule has 1 aromatic rings. The van der Waals surface area contributed by atoms with E-state index in [1.54, 1.807) is 25.1 Å². The molecular formula is C25H26N2O9. The number of amides is 2. The summed E-state index contributed by atoms with van der Waals surface area (Å²) in [7, 11) is 3.56. The van der Waals surface area contributed by atoms with Crippen LogP contribution in [0.4, 0.5) is 5.69 Å². The first-order valence-electron chi connectivity index (χ1n) is 11.3. The molecule has 36 heavy (non-hydrogen) atoms. The van der Waals surface area contributed by atoms with Crippen LogP contribution in [-0.4, -0.2) is 64.4 Å². The summed E-state index contributed by atoms with van der Waals surface area (Å²) in [5.41, 5.74) is -2.42. The molecule has 0 fully saturated rings. The van der Waals surface area contributed by atoms with Crippen molar-refractivity contribution < 1.29 is 44.0 Å². The van der Waals surface area contributed by atoms with E-state index in [1.807, 2.05) is 5.32 Å². The van der Waals surface area contributed by atoms with E-state index in [1.165, 1.54) is 13.0 Å². The van der Waals surface area contributed by atoms with Crippen LogP contribution in [-0.2, 0) is 25.6 Å². The number of ether oxygens (including phenoxy) is 1. The summed E-state index contributed by atoms with van der Waals surface area (Å²) < 4.78 is 5.25. The number of imide groups is 1. The number of aliphatic hydroxyl groups excluding tert-OH is 2. The Kier molecular flexibility index (Phi) is 5.99. The number of hydrogen-bond donors (Lipinski definition) is 4. The molecule has 0 aromatic heterocycles. The summed E-state index contributed by atoms with van der Waals surface area (Å²) in [5, 5.41) is 35.0. The van der Waals surface area contributed by atoms with E-state index in [2.05, 4.69) is 0 Å². The van der Waals surface area contributed by atoms with Crippen molar-refractivity contribution in [1.82, 2.24) is 5.32 Å². The van der Waals surface area contributed by atoms with Gasteiger partial charge in [-0.1, -0.05) is 0 Å². The molecule has 0 saturated heterocycles. The van der Waals surface area contributed by atoms with E-state index in [4.69, 9.17) is 4.74 Å². The molecule has 0 saturated carbocycles. The SMILES string of the molecule is CC(=O)NC(=O)C1=C(O)C[C@@H]2C[C@@H]3Cc4c(N(C)C)ccc(OC(C)=O)c4C(=O)C3=C(O)[C@]2(O)C1=O. The first-order valence-corrected chi connectivity index (χ1v) is 11.3. The Bertz CT molecular complexity index is 1310. The van der Waals surface area contributed by atoms with Crippen molar-refractivity contribution in [2.75, 3.05) is 19.0 Å². The molecule has 4 N–H and O–H groups in total. The fourth-order valence-electron chi connectivity index (χ4n) is 5.45. The molecule has 4 rings (SSSR count). The highest BCUT2D eigenvalue weighted by molar-refractivity contribution is 6.27. The van der Waals surface area contributed by atoms with E-state index in [-0.39, 0.29) is 36.1 Å². The second-order valence-corrected chi connectivity index (χ2v) is 9.48. The van der Waals surface area contributed by atoms with Crippen LogP contribution in [0.3, 0.4) is 0 Å². The maximum absolute atomic E-state index is 13.8. The molecule has 0 heterocycles. The Morgan fingerprint density at radius 2 is 1.78 bits per heavy atom. The molecule has 0 aliphatic heterocycles. The minimum atomic E-state index is -2.66. The van der Waals surface area contributed by atoms with Crippen LogP contribution in [0.15, 0.2) is 34.8 Å². The van der Waals surface area contributed by atoms with Gasteiger partial charge < -0.3 is 25.0 Å². The number of aliphatic hydroxyl groups is 3. The third-order valence-corrected chi connectivity index (χ3v) is 6.91. The quantitative estimate of drug-likeness (QED) is 0.268. The first-order chi connectivity index (χ1) is 16.8. The Morgan fingerprint density at radius 3 is 2.36 bits per heavy atom. The van der Waals surface area contributed by atoms with E-state index < -0.39 is 63.9 Å².